The number of hydrogen-bond donors (Lipinski definition) is 1. The van der Waals surface area contributed by atoms with Gasteiger partial charge in [-0.2, -0.15) is 4.39 Å². The summed E-state index contributed by atoms with van der Waals surface area (Å²) in [7, 11) is 0. The molecule has 0 bridgehead atoms. The molecule has 1 N–H and O–H groups in total. The highest BCUT2D eigenvalue weighted by Gasteiger charge is 2.23. The second-order valence-electron chi connectivity index (χ2n) is 4.50. The fraction of sp³-hybridized carbons (Fsp3) is 0.417. The van der Waals surface area contributed by atoms with E-state index < -0.39 is 33.7 Å². The van der Waals surface area contributed by atoms with Crippen molar-refractivity contribution in [3.05, 3.63) is 39.4 Å². The van der Waals surface area contributed by atoms with Crippen LogP contribution in [0.2, 0.25) is 0 Å². The molecule has 108 valence electrons. The van der Waals surface area contributed by atoms with Gasteiger partial charge in [-0.3, -0.25) is 19.7 Å². The number of hydrogen-bond acceptors (Lipinski definition) is 4. The smallest absolute Gasteiger partial charge is 0.270 e. The lowest BCUT2D eigenvalue weighted by Gasteiger charge is -2.11. The van der Waals surface area contributed by atoms with Crippen molar-refractivity contribution in [2.45, 2.75) is 31.8 Å². The van der Waals surface area contributed by atoms with Crippen molar-refractivity contribution in [1.82, 2.24) is 5.48 Å². The number of nitro benzene ring substituents is 1. The van der Waals surface area contributed by atoms with Crippen molar-refractivity contribution < 1.29 is 23.3 Å². The zero-order valence-corrected chi connectivity index (χ0v) is 10.4. The fourth-order valence-corrected chi connectivity index (χ4v) is 2.05. The third kappa shape index (κ3) is 3.08. The number of benzene rings is 1. The summed E-state index contributed by atoms with van der Waals surface area (Å²) in [6.07, 6.45) is 3.39. The molecule has 1 aromatic carbocycles. The van der Waals surface area contributed by atoms with E-state index in [-0.39, 0.29) is 6.10 Å². The molecule has 0 heterocycles. The average molecular weight is 286 g/mol. The van der Waals surface area contributed by atoms with Crippen molar-refractivity contribution in [3.63, 3.8) is 0 Å². The Morgan fingerprint density at radius 2 is 1.95 bits per heavy atom. The summed E-state index contributed by atoms with van der Waals surface area (Å²) in [6.45, 7) is 0. The van der Waals surface area contributed by atoms with Crippen molar-refractivity contribution in [1.29, 1.82) is 0 Å². The first kappa shape index (κ1) is 14.3. The summed E-state index contributed by atoms with van der Waals surface area (Å²) >= 11 is 0. The maximum Gasteiger partial charge on any atom is 0.305 e. The number of hydroxylamine groups is 1. The topological polar surface area (TPSA) is 81.5 Å². The Kier molecular flexibility index (Phi) is 4.23. The fourth-order valence-electron chi connectivity index (χ4n) is 2.05. The van der Waals surface area contributed by atoms with Crippen LogP contribution >= 0.6 is 0 Å². The Morgan fingerprint density at radius 1 is 1.30 bits per heavy atom. The Balaban J connectivity index is 2.12. The molecule has 0 spiro atoms. The van der Waals surface area contributed by atoms with Gasteiger partial charge < -0.3 is 0 Å². The van der Waals surface area contributed by atoms with Gasteiger partial charge in [0.15, 0.2) is 0 Å². The number of nitrogens with zero attached hydrogens (tertiary/aromatic N) is 1. The van der Waals surface area contributed by atoms with E-state index in [0.29, 0.717) is 12.1 Å². The van der Waals surface area contributed by atoms with Crippen molar-refractivity contribution >= 4 is 11.6 Å². The molecule has 0 unspecified atom stereocenters. The summed E-state index contributed by atoms with van der Waals surface area (Å²) in [6, 6.07) is 0.862. The predicted octanol–water partition coefficient (Wildman–Crippen LogP) is 2.48. The number of rotatable bonds is 4. The second kappa shape index (κ2) is 5.91. The summed E-state index contributed by atoms with van der Waals surface area (Å²) in [4.78, 5) is 26.3. The zero-order valence-electron chi connectivity index (χ0n) is 10.4. The third-order valence-corrected chi connectivity index (χ3v) is 3.10. The lowest BCUT2D eigenvalue weighted by molar-refractivity contribution is -0.387. The molecule has 1 fully saturated rings. The van der Waals surface area contributed by atoms with Gasteiger partial charge in [0.1, 0.15) is 5.82 Å². The van der Waals surface area contributed by atoms with Crippen LogP contribution in [0.25, 0.3) is 0 Å². The van der Waals surface area contributed by atoms with E-state index in [4.69, 9.17) is 4.84 Å². The largest absolute Gasteiger partial charge is 0.305 e. The standard InChI is InChI=1S/C12H12F2N2O4/c13-9-6-10(14)11(16(18)19)5-8(9)12(17)15-20-7-3-1-2-4-7/h5-7H,1-4H2,(H,15,17). The summed E-state index contributed by atoms with van der Waals surface area (Å²) in [5.74, 6) is -3.49. The molecule has 0 radical (unpaired) electrons. The van der Waals surface area contributed by atoms with Crippen LogP contribution in [0.15, 0.2) is 12.1 Å². The van der Waals surface area contributed by atoms with Crippen molar-refractivity contribution in [2.75, 3.05) is 0 Å². The molecule has 2 rings (SSSR count). The van der Waals surface area contributed by atoms with Crippen LogP contribution in [0.3, 0.4) is 0 Å². The minimum atomic E-state index is -1.33. The maximum atomic E-state index is 13.5. The summed E-state index contributed by atoms with van der Waals surface area (Å²) < 4.78 is 26.6. The van der Waals surface area contributed by atoms with E-state index in [2.05, 4.69) is 0 Å². The van der Waals surface area contributed by atoms with Gasteiger partial charge >= 0.3 is 5.69 Å². The number of carbonyl (C=O) groups excluding carboxylic acids is 1. The van der Waals surface area contributed by atoms with Crippen LogP contribution in [0.1, 0.15) is 36.0 Å². The van der Waals surface area contributed by atoms with E-state index in [1.54, 1.807) is 0 Å². The van der Waals surface area contributed by atoms with Crippen molar-refractivity contribution in [2.24, 2.45) is 0 Å². The molecule has 0 aromatic heterocycles. The minimum Gasteiger partial charge on any atom is -0.270 e. The van der Waals surface area contributed by atoms with Crippen LogP contribution in [0.4, 0.5) is 14.5 Å². The van der Waals surface area contributed by atoms with Crippen LogP contribution in [-0.2, 0) is 4.84 Å². The normalized spacial score (nSPS) is 15.3. The minimum absolute atomic E-state index is 0.141. The van der Waals surface area contributed by atoms with Crippen LogP contribution < -0.4 is 5.48 Å². The predicted molar refractivity (Wildman–Crippen MR) is 63.8 cm³/mol. The van der Waals surface area contributed by atoms with Crippen molar-refractivity contribution in [3.8, 4) is 0 Å². The monoisotopic (exact) mass is 286 g/mol. The zero-order chi connectivity index (χ0) is 14.7. The van der Waals surface area contributed by atoms with E-state index in [9.17, 15) is 23.7 Å². The first-order valence-electron chi connectivity index (χ1n) is 6.08. The molecule has 1 saturated carbocycles. The van der Waals surface area contributed by atoms with Gasteiger partial charge in [-0.25, -0.2) is 9.87 Å². The molecular weight excluding hydrogens is 274 g/mol. The number of nitrogens with one attached hydrogen (secondary N) is 1. The number of carbonyl (C=O) groups is 1. The molecule has 0 atom stereocenters. The lowest BCUT2D eigenvalue weighted by atomic mass is 10.1. The van der Waals surface area contributed by atoms with E-state index in [1.807, 2.05) is 5.48 Å². The third-order valence-electron chi connectivity index (χ3n) is 3.10. The van der Waals surface area contributed by atoms with Crippen LogP contribution in [0.5, 0.6) is 0 Å². The molecule has 20 heavy (non-hydrogen) atoms. The Labute approximate surface area is 112 Å². The van der Waals surface area contributed by atoms with E-state index >= 15 is 0 Å². The average Bonchev–Trinajstić information content (AvgIpc) is 2.88. The highest BCUT2D eigenvalue weighted by molar-refractivity contribution is 5.94. The first-order chi connectivity index (χ1) is 9.49. The van der Waals surface area contributed by atoms with Crippen LogP contribution in [-0.4, -0.2) is 16.9 Å². The highest BCUT2D eigenvalue weighted by Crippen LogP contribution is 2.22. The Bertz CT molecular complexity index is 545. The molecule has 6 nitrogen and oxygen atoms in total. The van der Waals surface area contributed by atoms with Crippen LogP contribution in [0, 0.1) is 21.7 Å². The van der Waals surface area contributed by atoms with Gasteiger partial charge in [0.05, 0.1) is 16.6 Å². The van der Waals surface area contributed by atoms with Gasteiger partial charge in [-0.1, -0.05) is 12.8 Å². The SMILES string of the molecule is O=C(NOC1CCCC1)c1cc([N+](=O)[O-])c(F)cc1F. The molecule has 0 saturated heterocycles. The Hall–Kier alpha value is -2.09. The van der Waals surface area contributed by atoms with Gasteiger partial charge in [-0.15, -0.1) is 0 Å². The highest BCUT2D eigenvalue weighted by atomic mass is 19.1. The first-order valence-corrected chi connectivity index (χ1v) is 6.08. The molecule has 1 aliphatic rings. The number of amides is 1. The van der Waals surface area contributed by atoms with Gasteiger partial charge in [0.2, 0.25) is 5.82 Å². The Morgan fingerprint density at radius 3 is 2.55 bits per heavy atom. The molecule has 1 amide bonds. The number of nitro groups is 1. The van der Waals surface area contributed by atoms with E-state index in [0.717, 1.165) is 25.7 Å². The molecule has 0 aliphatic heterocycles. The quantitative estimate of drug-likeness (QED) is 0.681. The summed E-state index contributed by atoms with van der Waals surface area (Å²) in [5, 5.41) is 10.6. The molecule has 1 aliphatic carbocycles. The molecular formula is C12H12F2N2O4. The van der Waals surface area contributed by atoms with Gasteiger partial charge in [0, 0.05) is 12.1 Å². The maximum absolute atomic E-state index is 13.5. The van der Waals surface area contributed by atoms with Gasteiger partial charge in [-0.05, 0) is 12.8 Å². The molecule has 8 heteroatoms. The number of halogens is 2. The second-order valence-corrected chi connectivity index (χ2v) is 4.50. The van der Waals surface area contributed by atoms with Gasteiger partial charge in [0.25, 0.3) is 5.91 Å². The summed E-state index contributed by atoms with van der Waals surface area (Å²) in [5.41, 5.74) is 0.454. The lowest BCUT2D eigenvalue weighted by Crippen LogP contribution is -2.29. The molecule has 1 aromatic rings. The van der Waals surface area contributed by atoms with E-state index in [1.165, 1.54) is 0 Å².